The monoisotopic (exact) mass is 374 g/mol. The number of aromatic nitrogens is 2. The molecular formula is C19H26N4O2S. The fourth-order valence-electron chi connectivity index (χ4n) is 4.39. The van der Waals surface area contributed by atoms with E-state index in [0.29, 0.717) is 13.1 Å². The Kier molecular flexibility index (Phi) is 4.41. The van der Waals surface area contributed by atoms with E-state index in [9.17, 15) is 8.42 Å². The Labute approximate surface area is 155 Å². The van der Waals surface area contributed by atoms with Crippen molar-refractivity contribution in [1.82, 2.24) is 18.8 Å². The van der Waals surface area contributed by atoms with Gasteiger partial charge in [0.05, 0.1) is 29.5 Å². The van der Waals surface area contributed by atoms with Crippen molar-refractivity contribution in [3.63, 3.8) is 0 Å². The molecule has 140 valence electrons. The van der Waals surface area contributed by atoms with Gasteiger partial charge in [-0.25, -0.2) is 17.7 Å². The first-order valence-corrected chi connectivity index (χ1v) is 11.1. The number of hydrogen-bond acceptors (Lipinski definition) is 4. The van der Waals surface area contributed by atoms with Crippen molar-refractivity contribution >= 4 is 10.0 Å². The lowest BCUT2D eigenvalue weighted by Gasteiger charge is -2.48. The molecule has 7 heteroatoms. The van der Waals surface area contributed by atoms with Gasteiger partial charge in [0.15, 0.2) is 0 Å². The largest absolute Gasteiger partial charge is 0.325 e. The van der Waals surface area contributed by atoms with E-state index in [1.807, 2.05) is 24.5 Å². The summed E-state index contributed by atoms with van der Waals surface area (Å²) in [6, 6.07) is 10.3. The first-order valence-electron chi connectivity index (χ1n) is 9.22. The molecule has 2 aliphatic rings. The smallest absolute Gasteiger partial charge is 0.211 e. The van der Waals surface area contributed by atoms with Gasteiger partial charge in [-0.3, -0.25) is 4.90 Å². The zero-order valence-corrected chi connectivity index (χ0v) is 16.2. The van der Waals surface area contributed by atoms with Gasteiger partial charge in [0.1, 0.15) is 0 Å². The van der Waals surface area contributed by atoms with Gasteiger partial charge in [-0.05, 0) is 19.4 Å². The van der Waals surface area contributed by atoms with Crippen LogP contribution in [0.5, 0.6) is 0 Å². The number of piperidine rings is 1. The van der Waals surface area contributed by atoms with Crippen LogP contribution in [-0.2, 0) is 22.1 Å². The molecule has 4 rings (SSSR count). The zero-order valence-electron chi connectivity index (χ0n) is 15.4. The van der Waals surface area contributed by atoms with Crippen molar-refractivity contribution in [3.05, 3.63) is 42.4 Å². The number of likely N-dealkylation sites (N-methyl/N-ethyl adjacent to an activating group) is 1. The summed E-state index contributed by atoms with van der Waals surface area (Å²) in [6.07, 6.45) is 4.93. The van der Waals surface area contributed by atoms with Crippen molar-refractivity contribution in [3.8, 4) is 11.3 Å². The summed E-state index contributed by atoms with van der Waals surface area (Å²) in [7, 11) is -3.12. The summed E-state index contributed by atoms with van der Waals surface area (Å²) in [5, 5.41) is 0. The highest BCUT2D eigenvalue weighted by Gasteiger charge is 2.43. The van der Waals surface area contributed by atoms with Crippen LogP contribution in [0, 0.1) is 0 Å². The normalized spacial score (nSPS) is 21.0. The molecule has 6 nitrogen and oxygen atoms in total. The molecule has 0 radical (unpaired) electrons. The van der Waals surface area contributed by atoms with Crippen LogP contribution < -0.4 is 0 Å². The molecule has 0 atom stereocenters. The van der Waals surface area contributed by atoms with Crippen LogP contribution in [0.3, 0.4) is 0 Å². The lowest BCUT2D eigenvalue weighted by molar-refractivity contribution is 0.0651. The van der Waals surface area contributed by atoms with E-state index in [1.54, 1.807) is 4.31 Å². The Bertz CT molecular complexity index is 884. The number of nitrogens with zero attached hydrogens (tertiary/aromatic N) is 4. The van der Waals surface area contributed by atoms with Gasteiger partial charge in [-0.2, -0.15) is 0 Å². The fourth-order valence-corrected chi connectivity index (χ4v) is 5.23. The van der Waals surface area contributed by atoms with E-state index in [2.05, 4.69) is 28.5 Å². The van der Waals surface area contributed by atoms with E-state index in [4.69, 9.17) is 4.98 Å². The van der Waals surface area contributed by atoms with E-state index >= 15 is 0 Å². The van der Waals surface area contributed by atoms with Crippen molar-refractivity contribution in [2.75, 3.05) is 32.4 Å². The van der Waals surface area contributed by atoms with Crippen molar-refractivity contribution in [1.29, 1.82) is 0 Å². The van der Waals surface area contributed by atoms with Gasteiger partial charge in [-0.1, -0.05) is 37.3 Å². The summed E-state index contributed by atoms with van der Waals surface area (Å²) in [5.41, 5.74) is 3.37. The van der Waals surface area contributed by atoms with Crippen LogP contribution in [0.1, 0.15) is 25.5 Å². The van der Waals surface area contributed by atoms with Gasteiger partial charge >= 0.3 is 0 Å². The maximum absolute atomic E-state index is 11.9. The molecule has 0 unspecified atom stereocenters. The molecule has 0 bridgehead atoms. The second-order valence-electron chi connectivity index (χ2n) is 7.47. The highest BCUT2D eigenvalue weighted by Crippen LogP contribution is 2.39. The van der Waals surface area contributed by atoms with Gasteiger partial charge in [0.25, 0.3) is 0 Å². The van der Waals surface area contributed by atoms with Gasteiger partial charge < -0.3 is 4.57 Å². The van der Waals surface area contributed by atoms with Crippen LogP contribution in [0.25, 0.3) is 11.3 Å². The molecule has 1 spiro atoms. The molecule has 1 fully saturated rings. The summed E-state index contributed by atoms with van der Waals surface area (Å²) >= 11 is 0. The summed E-state index contributed by atoms with van der Waals surface area (Å²) in [4.78, 5) is 7.22. The van der Waals surface area contributed by atoms with Crippen LogP contribution in [0.4, 0.5) is 0 Å². The van der Waals surface area contributed by atoms with Gasteiger partial charge in [0.2, 0.25) is 10.0 Å². The third-order valence-electron chi connectivity index (χ3n) is 5.89. The Morgan fingerprint density at radius 2 is 1.85 bits per heavy atom. The second kappa shape index (κ2) is 6.48. The van der Waals surface area contributed by atoms with Crippen LogP contribution in [0.15, 0.2) is 36.7 Å². The molecule has 1 saturated heterocycles. The number of benzene rings is 1. The third kappa shape index (κ3) is 2.98. The molecule has 0 amide bonds. The minimum absolute atomic E-state index is 0.0647. The minimum Gasteiger partial charge on any atom is -0.325 e. The van der Waals surface area contributed by atoms with E-state index in [-0.39, 0.29) is 5.54 Å². The predicted octanol–water partition coefficient (Wildman–Crippen LogP) is 2.14. The molecule has 1 aromatic carbocycles. The molecule has 2 aromatic rings. The minimum atomic E-state index is -3.12. The molecule has 0 N–H and O–H groups in total. The van der Waals surface area contributed by atoms with Crippen molar-refractivity contribution < 1.29 is 8.42 Å². The Morgan fingerprint density at radius 3 is 2.46 bits per heavy atom. The Balaban J connectivity index is 1.72. The Hall–Kier alpha value is -1.70. The number of rotatable bonds is 3. The van der Waals surface area contributed by atoms with E-state index in [0.717, 1.165) is 43.7 Å². The molecule has 0 saturated carbocycles. The standard InChI is InChI=1S/C19H26N4O2S/c1-3-21-13-17-18(16-7-5-4-6-8-16)20-15-23(17)19(14-21)9-11-22(12-10-19)26(2,24)25/h4-8,15H,3,9-14H2,1-2H3. The maximum atomic E-state index is 11.9. The van der Waals surface area contributed by atoms with E-state index in [1.165, 1.54) is 11.9 Å². The molecule has 26 heavy (non-hydrogen) atoms. The van der Waals surface area contributed by atoms with Crippen molar-refractivity contribution in [2.45, 2.75) is 31.8 Å². The summed E-state index contributed by atoms with van der Waals surface area (Å²) < 4.78 is 27.8. The number of imidazole rings is 1. The van der Waals surface area contributed by atoms with Crippen LogP contribution in [-0.4, -0.2) is 59.6 Å². The second-order valence-corrected chi connectivity index (χ2v) is 9.45. The third-order valence-corrected chi connectivity index (χ3v) is 7.19. The topological polar surface area (TPSA) is 58.4 Å². The first-order chi connectivity index (χ1) is 12.4. The van der Waals surface area contributed by atoms with Crippen LogP contribution >= 0.6 is 0 Å². The lowest BCUT2D eigenvalue weighted by atomic mass is 9.85. The quantitative estimate of drug-likeness (QED) is 0.826. The predicted molar refractivity (Wildman–Crippen MR) is 102 cm³/mol. The highest BCUT2D eigenvalue weighted by atomic mass is 32.2. The molecule has 3 heterocycles. The molecule has 1 aromatic heterocycles. The average molecular weight is 375 g/mol. The van der Waals surface area contributed by atoms with Crippen molar-refractivity contribution in [2.24, 2.45) is 0 Å². The molecular weight excluding hydrogens is 348 g/mol. The number of hydrogen-bond donors (Lipinski definition) is 0. The number of sulfonamides is 1. The van der Waals surface area contributed by atoms with Gasteiger partial charge in [-0.15, -0.1) is 0 Å². The molecule has 2 aliphatic heterocycles. The maximum Gasteiger partial charge on any atom is 0.211 e. The average Bonchev–Trinajstić information content (AvgIpc) is 3.07. The lowest BCUT2D eigenvalue weighted by Crippen LogP contribution is -2.56. The fraction of sp³-hybridized carbons (Fsp3) is 0.526. The SMILES string of the molecule is CCN1Cc2c(-c3ccccc3)ncn2C2(CCN(S(C)(=O)=O)CC2)C1. The zero-order chi connectivity index (χ0) is 18.4. The summed E-state index contributed by atoms with van der Waals surface area (Å²) in [5.74, 6) is 0. The Morgan fingerprint density at radius 1 is 1.15 bits per heavy atom. The van der Waals surface area contributed by atoms with Gasteiger partial charge in [0, 0.05) is 31.7 Å². The van der Waals surface area contributed by atoms with E-state index < -0.39 is 10.0 Å². The first kappa shape index (κ1) is 17.7. The highest BCUT2D eigenvalue weighted by molar-refractivity contribution is 7.88. The number of fused-ring (bicyclic) bond motifs is 2. The molecule has 0 aliphatic carbocycles. The van der Waals surface area contributed by atoms with Crippen LogP contribution in [0.2, 0.25) is 0 Å². The summed E-state index contributed by atoms with van der Waals surface area (Å²) in [6.45, 7) is 6.17.